The Kier molecular flexibility index (Phi) is 1.78. The van der Waals surface area contributed by atoms with Crippen molar-refractivity contribution in [2.75, 3.05) is 0 Å². The standard InChI is InChI=1S/C11H10O/c12-11-6-2-4-9-3-1-5-10(7-9)8-11/h1-4,6,8H,5,7H2/b6-2-,9-4-,10-8-. The summed E-state index contributed by atoms with van der Waals surface area (Å²) in [5.41, 5.74) is 2.51. The van der Waals surface area contributed by atoms with Gasteiger partial charge in [0, 0.05) is 0 Å². The molecule has 0 spiro atoms. The summed E-state index contributed by atoms with van der Waals surface area (Å²) in [6, 6.07) is 0. The Morgan fingerprint density at radius 1 is 1.25 bits per heavy atom. The highest BCUT2D eigenvalue weighted by Crippen LogP contribution is 2.23. The van der Waals surface area contributed by atoms with E-state index in [2.05, 4.69) is 12.2 Å². The van der Waals surface area contributed by atoms with Crippen LogP contribution in [-0.4, -0.2) is 5.78 Å². The van der Waals surface area contributed by atoms with E-state index in [9.17, 15) is 4.79 Å². The van der Waals surface area contributed by atoms with Crippen molar-refractivity contribution < 1.29 is 4.79 Å². The lowest BCUT2D eigenvalue weighted by atomic mass is 9.94. The highest BCUT2D eigenvalue weighted by atomic mass is 16.1. The molecule has 0 atom stereocenters. The lowest BCUT2D eigenvalue weighted by molar-refractivity contribution is -0.110. The highest BCUT2D eigenvalue weighted by molar-refractivity contribution is 6.00. The van der Waals surface area contributed by atoms with Crippen LogP contribution >= 0.6 is 0 Å². The van der Waals surface area contributed by atoms with E-state index < -0.39 is 0 Å². The average molecular weight is 158 g/mol. The fourth-order valence-electron chi connectivity index (χ4n) is 1.50. The first-order valence-corrected chi connectivity index (χ1v) is 4.12. The second-order valence-corrected chi connectivity index (χ2v) is 3.09. The number of carbonyl (C=O) groups excluding carboxylic acids is 1. The third-order valence-corrected chi connectivity index (χ3v) is 2.06. The van der Waals surface area contributed by atoms with Gasteiger partial charge in [-0.15, -0.1) is 0 Å². The molecule has 0 N–H and O–H groups in total. The summed E-state index contributed by atoms with van der Waals surface area (Å²) in [5.74, 6) is 0.107. The summed E-state index contributed by atoms with van der Waals surface area (Å²) in [6.45, 7) is 0. The molecule has 0 aromatic heterocycles. The zero-order chi connectivity index (χ0) is 8.39. The fraction of sp³-hybridized carbons (Fsp3) is 0.182. The van der Waals surface area contributed by atoms with Crippen molar-refractivity contribution in [3.8, 4) is 0 Å². The predicted molar refractivity (Wildman–Crippen MR) is 48.7 cm³/mol. The largest absolute Gasteiger partial charge is 0.290 e. The maximum Gasteiger partial charge on any atom is 0.178 e. The Morgan fingerprint density at radius 2 is 2.17 bits per heavy atom. The van der Waals surface area contributed by atoms with E-state index in [0.717, 1.165) is 12.8 Å². The highest BCUT2D eigenvalue weighted by Gasteiger charge is 2.07. The van der Waals surface area contributed by atoms with E-state index in [1.54, 1.807) is 12.2 Å². The zero-order valence-electron chi connectivity index (χ0n) is 6.79. The van der Waals surface area contributed by atoms with Crippen molar-refractivity contribution in [1.82, 2.24) is 0 Å². The van der Waals surface area contributed by atoms with Gasteiger partial charge in [0.1, 0.15) is 0 Å². The minimum absolute atomic E-state index is 0.107. The molecular formula is C11H10O. The molecule has 2 aliphatic rings. The van der Waals surface area contributed by atoms with Crippen LogP contribution in [0.4, 0.5) is 0 Å². The van der Waals surface area contributed by atoms with Crippen LogP contribution in [0.15, 0.2) is 47.6 Å². The fourth-order valence-corrected chi connectivity index (χ4v) is 1.50. The molecule has 0 saturated carbocycles. The molecular weight excluding hydrogens is 148 g/mol. The quantitative estimate of drug-likeness (QED) is 0.528. The minimum Gasteiger partial charge on any atom is -0.290 e. The van der Waals surface area contributed by atoms with E-state index in [1.807, 2.05) is 12.2 Å². The SMILES string of the molecule is O=C1/C=C\C=C2\C=CC/C(=C/1)C2. The molecule has 0 unspecified atom stereocenters. The predicted octanol–water partition coefficient (Wildman–Crippen LogP) is 2.33. The molecule has 12 heavy (non-hydrogen) atoms. The number of hydrogen-bond acceptors (Lipinski definition) is 1. The van der Waals surface area contributed by atoms with Gasteiger partial charge < -0.3 is 0 Å². The number of allylic oxidation sites excluding steroid dienone is 8. The van der Waals surface area contributed by atoms with Crippen LogP contribution in [0.1, 0.15) is 12.8 Å². The Hall–Kier alpha value is -1.37. The normalized spacial score (nSPS) is 32.5. The first-order chi connectivity index (χ1) is 5.84. The lowest BCUT2D eigenvalue weighted by Gasteiger charge is -2.11. The van der Waals surface area contributed by atoms with Crippen molar-refractivity contribution in [3.63, 3.8) is 0 Å². The van der Waals surface area contributed by atoms with E-state index in [4.69, 9.17) is 0 Å². The Labute approximate surface area is 71.8 Å². The lowest BCUT2D eigenvalue weighted by Crippen LogP contribution is -1.97. The summed E-state index contributed by atoms with van der Waals surface area (Å²) in [7, 11) is 0. The molecule has 2 rings (SSSR count). The second-order valence-electron chi connectivity index (χ2n) is 3.09. The van der Waals surface area contributed by atoms with Crippen LogP contribution in [0.2, 0.25) is 0 Å². The first-order valence-electron chi connectivity index (χ1n) is 4.12. The van der Waals surface area contributed by atoms with Crippen LogP contribution in [0.5, 0.6) is 0 Å². The van der Waals surface area contributed by atoms with Gasteiger partial charge in [-0.25, -0.2) is 0 Å². The third-order valence-electron chi connectivity index (χ3n) is 2.06. The van der Waals surface area contributed by atoms with E-state index in [0.29, 0.717) is 0 Å². The molecule has 0 saturated heterocycles. The summed E-state index contributed by atoms with van der Waals surface area (Å²) in [6.07, 6.45) is 13.3. The van der Waals surface area contributed by atoms with Gasteiger partial charge in [0.2, 0.25) is 0 Å². The topological polar surface area (TPSA) is 17.1 Å². The van der Waals surface area contributed by atoms with Crippen molar-refractivity contribution in [1.29, 1.82) is 0 Å². The van der Waals surface area contributed by atoms with Crippen LogP contribution in [0.3, 0.4) is 0 Å². The van der Waals surface area contributed by atoms with Gasteiger partial charge in [-0.3, -0.25) is 4.79 Å². The molecule has 0 fully saturated rings. The van der Waals surface area contributed by atoms with Gasteiger partial charge in [-0.1, -0.05) is 29.9 Å². The van der Waals surface area contributed by atoms with Gasteiger partial charge in [-0.2, -0.15) is 0 Å². The monoisotopic (exact) mass is 158 g/mol. The van der Waals surface area contributed by atoms with Gasteiger partial charge in [0.25, 0.3) is 0 Å². The Morgan fingerprint density at radius 3 is 3.08 bits per heavy atom. The molecule has 60 valence electrons. The van der Waals surface area contributed by atoms with Gasteiger partial charge in [0.15, 0.2) is 5.78 Å². The number of hydrogen-bond donors (Lipinski definition) is 0. The smallest absolute Gasteiger partial charge is 0.178 e. The summed E-state index contributed by atoms with van der Waals surface area (Å²) < 4.78 is 0. The van der Waals surface area contributed by atoms with Gasteiger partial charge >= 0.3 is 0 Å². The first kappa shape index (κ1) is 7.29. The van der Waals surface area contributed by atoms with Gasteiger partial charge in [-0.05, 0) is 30.6 Å². The van der Waals surface area contributed by atoms with E-state index in [1.165, 1.54) is 11.1 Å². The molecule has 1 heteroatoms. The number of fused-ring (bicyclic) bond motifs is 2. The Balaban J connectivity index is 2.43. The maximum atomic E-state index is 11.1. The second kappa shape index (κ2) is 2.94. The zero-order valence-corrected chi connectivity index (χ0v) is 6.79. The van der Waals surface area contributed by atoms with Crippen LogP contribution in [-0.2, 0) is 4.79 Å². The molecule has 0 amide bonds. The maximum absolute atomic E-state index is 11.1. The van der Waals surface area contributed by atoms with Crippen molar-refractivity contribution >= 4 is 5.78 Å². The summed E-state index contributed by atoms with van der Waals surface area (Å²) in [4.78, 5) is 11.1. The molecule has 0 aromatic rings. The van der Waals surface area contributed by atoms with Crippen molar-refractivity contribution in [3.05, 3.63) is 47.6 Å². The van der Waals surface area contributed by atoms with E-state index in [-0.39, 0.29) is 5.78 Å². The number of rotatable bonds is 0. The van der Waals surface area contributed by atoms with Crippen LogP contribution in [0.25, 0.3) is 0 Å². The molecule has 0 aliphatic heterocycles. The number of carbonyl (C=O) groups is 1. The average Bonchev–Trinajstić information content (AvgIpc) is 2.03. The molecule has 0 aromatic carbocycles. The summed E-state index contributed by atoms with van der Waals surface area (Å²) in [5, 5.41) is 0. The molecule has 2 aliphatic carbocycles. The van der Waals surface area contributed by atoms with Gasteiger partial charge in [0.05, 0.1) is 0 Å². The van der Waals surface area contributed by atoms with Crippen molar-refractivity contribution in [2.45, 2.75) is 12.8 Å². The summed E-state index contributed by atoms with van der Waals surface area (Å²) >= 11 is 0. The third kappa shape index (κ3) is 1.45. The molecule has 2 bridgehead atoms. The molecule has 1 nitrogen and oxygen atoms in total. The molecule has 0 radical (unpaired) electrons. The van der Waals surface area contributed by atoms with Crippen molar-refractivity contribution in [2.24, 2.45) is 0 Å². The Bertz CT molecular complexity index is 327. The van der Waals surface area contributed by atoms with Crippen LogP contribution < -0.4 is 0 Å². The number of ketones is 1. The molecule has 0 heterocycles. The van der Waals surface area contributed by atoms with E-state index >= 15 is 0 Å². The van der Waals surface area contributed by atoms with Crippen LogP contribution in [0, 0.1) is 0 Å². The minimum atomic E-state index is 0.107.